The van der Waals surface area contributed by atoms with E-state index < -0.39 is 0 Å². The van der Waals surface area contributed by atoms with Gasteiger partial charge in [0.25, 0.3) is 0 Å². The summed E-state index contributed by atoms with van der Waals surface area (Å²) in [6, 6.07) is 8.09. The summed E-state index contributed by atoms with van der Waals surface area (Å²) < 4.78 is 8.93. The number of methoxy groups -OCH3 is 1. The molecule has 30 heavy (non-hydrogen) atoms. The molecule has 3 aromatic rings. The van der Waals surface area contributed by atoms with Gasteiger partial charge in [0.05, 0.1) is 13.7 Å². The van der Waals surface area contributed by atoms with Gasteiger partial charge in [0.1, 0.15) is 30.3 Å². The molecule has 1 N–H and O–H groups in total. The van der Waals surface area contributed by atoms with E-state index in [9.17, 15) is 0 Å². The van der Waals surface area contributed by atoms with Crippen LogP contribution in [0.2, 0.25) is 0 Å². The van der Waals surface area contributed by atoms with Crippen LogP contribution in [0, 0.1) is 6.92 Å². The molecule has 0 fully saturated rings. The zero-order chi connectivity index (χ0) is 21.5. The van der Waals surface area contributed by atoms with Crippen molar-refractivity contribution in [2.75, 3.05) is 20.7 Å². The van der Waals surface area contributed by atoms with Crippen LogP contribution in [0.15, 0.2) is 35.6 Å². The molecule has 10 heteroatoms. The van der Waals surface area contributed by atoms with E-state index in [1.54, 1.807) is 18.1 Å². The highest BCUT2D eigenvalue weighted by Crippen LogP contribution is 2.11. The summed E-state index contributed by atoms with van der Waals surface area (Å²) in [5, 5.41) is 15.9. The summed E-state index contributed by atoms with van der Waals surface area (Å²) in [4.78, 5) is 11.1. The second kappa shape index (κ2) is 9.86. The molecule has 0 saturated heterocycles. The largest absolute Gasteiger partial charge is 0.497 e. The number of aromatic nitrogens is 6. The zero-order valence-corrected chi connectivity index (χ0v) is 18.2. The minimum absolute atomic E-state index is 0.436. The van der Waals surface area contributed by atoms with Gasteiger partial charge in [-0.25, -0.2) is 9.98 Å². The summed E-state index contributed by atoms with van der Waals surface area (Å²) in [7, 11) is 7.48. The van der Waals surface area contributed by atoms with E-state index in [2.05, 4.69) is 37.7 Å². The normalized spacial score (nSPS) is 11.6. The Kier molecular flexibility index (Phi) is 6.99. The third kappa shape index (κ3) is 5.34. The number of guanidine groups is 1. The number of nitrogens with zero attached hydrogens (tertiary/aromatic N) is 8. The monoisotopic (exact) mass is 411 g/mol. The van der Waals surface area contributed by atoms with Crippen molar-refractivity contribution in [1.29, 1.82) is 0 Å². The molecule has 0 radical (unpaired) electrons. The molecule has 0 atom stereocenters. The van der Waals surface area contributed by atoms with E-state index in [1.165, 1.54) is 5.56 Å². The van der Waals surface area contributed by atoms with Crippen molar-refractivity contribution in [3.05, 3.63) is 53.6 Å². The molecule has 0 bridgehead atoms. The molecule has 0 aliphatic heterocycles. The summed E-state index contributed by atoms with van der Waals surface area (Å²) in [6.45, 7) is 3.69. The average molecular weight is 412 g/mol. The number of nitrogens with one attached hydrogen (secondary N) is 1. The van der Waals surface area contributed by atoms with Gasteiger partial charge in [0.2, 0.25) is 0 Å². The van der Waals surface area contributed by atoms with Gasteiger partial charge in [-0.2, -0.15) is 5.10 Å². The van der Waals surface area contributed by atoms with E-state index in [0.717, 1.165) is 42.1 Å². The van der Waals surface area contributed by atoms with E-state index in [-0.39, 0.29) is 0 Å². The van der Waals surface area contributed by atoms with E-state index in [1.807, 2.05) is 49.7 Å². The van der Waals surface area contributed by atoms with Crippen molar-refractivity contribution in [3.63, 3.8) is 0 Å². The van der Waals surface area contributed by atoms with Crippen molar-refractivity contribution in [3.8, 4) is 5.75 Å². The predicted molar refractivity (Wildman–Crippen MR) is 114 cm³/mol. The Morgan fingerprint density at radius 1 is 1.17 bits per heavy atom. The fraction of sp³-hybridized carbons (Fsp3) is 0.450. The van der Waals surface area contributed by atoms with Crippen LogP contribution in [0.5, 0.6) is 5.75 Å². The molecule has 160 valence electrons. The molecule has 3 rings (SSSR count). The quantitative estimate of drug-likeness (QED) is 0.437. The maximum absolute atomic E-state index is 5.22. The number of aryl methyl sites for hydroxylation is 2. The first-order chi connectivity index (χ1) is 14.5. The number of ether oxygens (including phenoxy) is 1. The van der Waals surface area contributed by atoms with Crippen LogP contribution in [0.25, 0.3) is 0 Å². The van der Waals surface area contributed by atoms with Gasteiger partial charge >= 0.3 is 0 Å². The lowest BCUT2D eigenvalue weighted by molar-refractivity contribution is 0.414. The van der Waals surface area contributed by atoms with Gasteiger partial charge in [-0.05, 0) is 31.0 Å². The topological polar surface area (TPSA) is 98.3 Å². The Balaban J connectivity index is 1.68. The van der Waals surface area contributed by atoms with Crippen molar-refractivity contribution in [2.24, 2.45) is 19.1 Å². The third-order valence-corrected chi connectivity index (χ3v) is 4.95. The minimum atomic E-state index is 0.436. The summed E-state index contributed by atoms with van der Waals surface area (Å²) >= 11 is 0. The molecule has 2 heterocycles. The Morgan fingerprint density at radius 3 is 2.53 bits per heavy atom. The first kappa shape index (κ1) is 21.3. The highest BCUT2D eigenvalue weighted by molar-refractivity contribution is 5.79. The Morgan fingerprint density at radius 2 is 1.93 bits per heavy atom. The molecule has 0 aliphatic carbocycles. The number of hydrogen-bond acceptors (Lipinski definition) is 6. The maximum atomic E-state index is 5.22. The zero-order valence-electron chi connectivity index (χ0n) is 18.2. The molecule has 2 aromatic heterocycles. The minimum Gasteiger partial charge on any atom is -0.497 e. The molecular weight excluding hydrogens is 382 g/mol. The van der Waals surface area contributed by atoms with Gasteiger partial charge in [-0.15, -0.1) is 10.2 Å². The molecule has 0 aliphatic rings. The van der Waals surface area contributed by atoms with E-state index in [4.69, 9.17) is 9.73 Å². The lowest BCUT2D eigenvalue weighted by Crippen LogP contribution is -2.40. The van der Waals surface area contributed by atoms with Crippen molar-refractivity contribution in [2.45, 2.75) is 26.4 Å². The van der Waals surface area contributed by atoms with Gasteiger partial charge in [-0.3, -0.25) is 4.68 Å². The smallest absolute Gasteiger partial charge is 0.194 e. The van der Waals surface area contributed by atoms with Crippen LogP contribution in [0.1, 0.15) is 23.0 Å². The van der Waals surface area contributed by atoms with Crippen LogP contribution in [0.4, 0.5) is 0 Å². The molecule has 1 aromatic carbocycles. The molecule has 0 saturated carbocycles. The summed E-state index contributed by atoms with van der Waals surface area (Å²) in [6.07, 6.45) is 2.42. The first-order valence-corrected chi connectivity index (χ1v) is 9.78. The SMILES string of the molecule is COc1ccc(CCNC(=NCc2nnc(C)n2C)N(C)Cc2ncnn2C)cc1. The summed E-state index contributed by atoms with van der Waals surface area (Å²) in [5.41, 5.74) is 1.22. The lowest BCUT2D eigenvalue weighted by atomic mass is 10.1. The molecule has 0 unspecified atom stereocenters. The van der Waals surface area contributed by atoms with Crippen molar-refractivity contribution >= 4 is 5.96 Å². The van der Waals surface area contributed by atoms with Crippen LogP contribution < -0.4 is 10.1 Å². The Bertz CT molecular complexity index is 975. The second-order valence-corrected chi connectivity index (χ2v) is 7.04. The predicted octanol–water partition coefficient (Wildman–Crippen LogP) is 1.08. The number of rotatable bonds is 8. The first-order valence-electron chi connectivity index (χ1n) is 9.78. The number of aliphatic imine (C=N–C) groups is 1. The third-order valence-electron chi connectivity index (χ3n) is 4.95. The van der Waals surface area contributed by atoms with Crippen LogP contribution in [-0.2, 0) is 33.6 Å². The van der Waals surface area contributed by atoms with Gasteiger partial charge in [-0.1, -0.05) is 12.1 Å². The molecule has 0 spiro atoms. The fourth-order valence-corrected chi connectivity index (χ4v) is 2.91. The van der Waals surface area contributed by atoms with E-state index in [0.29, 0.717) is 13.1 Å². The lowest BCUT2D eigenvalue weighted by Gasteiger charge is -2.22. The summed E-state index contributed by atoms with van der Waals surface area (Å²) in [5.74, 6) is 4.16. The highest BCUT2D eigenvalue weighted by atomic mass is 16.5. The van der Waals surface area contributed by atoms with Gasteiger partial charge < -0.3 is 19.5 Å². The van der Waals surface area contributed by atoms with Crippen LogP contribution >= 0.6 is 0 Å². The fourth-order valence-electron chi connectivity index (χ4n) is 2.91. The Hall–Kier alpha value is -3.43. The van der Waals surface area contributed by atoms with Gasteiger partial charge in [0.15, 0.2) is 11.8 Å². The highest BCUT2D eigenvalue weighted by Gasteiger charge is 2.12. The number of benzene rings is 1. The number of hydrogen-bond donors (Lipinski definition) is 1. The van der Waals surface area contributed by atoms with Crippen molar-refractivity contribution in [1.82, 2.24) is 39.7 Å². The molecule has 10 nitrogen and oxygen atoms in total. The van der Waals surface area contributed by atoms with Crippen LogP contribution in [0.3, 0.4) is 0 Å². The van der Waals surface area contributed by atoms with E-state index >= 15 is 0 Å². The molecule has 0 amide bonds. The standard InChI is InChI=1S/C20H29N9O/c1-15-25-26-18(28(15)3)12-22-20(27(2)13-19-23-14-24-29(19)4)21-11-10-16-6-8-17(30-5)9-7-16/h6-9,14H,10-13H2,1-5H3,(H,21,22). The second-order valence-electron chi connectivity index (χ2n) is 7.04. The Labute approximate surface area is 176 Å². The maximum Gasteiger partial charge on any atom is 0.194 e. The van der Waals surface area contributed by atoms with Crippen molar-refractivity contribution < 1.29 is 4.74 Å². The van der Waals surface area contributed by atoms with Gasteiger partial charge in [0, 0.05) is 27.7 Å². The van der Waals surface area contributed by atoms with Crippen LogP contribution in [-0.4, -0.2) is 61.1 Å². The average Bonchev–Trinajstić information content (AvgIpc) is 3.30. The molecular formula is C20H29N9O.